The highest BCUT2D eigenvalue weighted by molar-refractivity contribution is 5.96. The Morgan fingerprint density at radius 1 is 1.00 bits per heavy atom. The second-order valence-electron chi connectivity index (χ2n) is 5.47. The summed E-state index contributed by atoms with van der Waals surface area (Å²) in [5.74, 6) is -1.10. The van der Waals surface area contributed by atoms with E-state index in [9.17, 15) is 14.4 Å². The summed E-state index contributed by atoms with van der Waals surface area (Å²) in [5.41, 5.74) is 2.88. The largest absolute Gasteiger partial charge is 0.455 e. The lowest BCUT2D eigenvalue weighted by Gasteiger charge is -2.08. The molecule has 2 aromatic rings. The molecule has 6 nitrogen and oxygen atoms in total. The Hall–Kier alpha value is -3.15. The molecule has 0 spiro atoms. The normalized spacial score (nSPS) is 10.0. The van der Waals surface area contributed by atoms with Gasteiger partial charge in [0.05, 0.1) is 6.42 Å². The summed E-state index contributed by atoms with van der Waals surface area (Å²) in [6, 6.07) is 13.9. The third-order valence-electron chi connectivity index (χ3n) is 3.62. The topological polar surface area (TPSA) is 84.5 Å². The Balaban J connectivity index is 1.81. The first kappa shape index (κ1) is 18.2. The van der Waals surface area contributed by atoms with Gasteiger partial charge >= 0.3 is 5.97 Å². The molecule has 0 aliphatic carbocycles. The van der Waals surface area contributed by atoms with Crippen LogP contribution < -0.4 is 10.6 Å². The molecular weight excluding hydrogens is 320 g/mol. The van der Waals surface area contributed by atoms with Crippen LogP contribution in [0.5, 0.6) is 0 Å². The second kappa shape index (κ2) is 8.63. The molecule has 2 N–H and O–H groups in total. The van der Waals surface area contributed by atoms with Gasteiger partial charge in [-0.25, -0.2) is 0 Å². The van der Waals surface area contributed by atoms with Crippen molar-refractivity contribution < 1.29 is 19.1 Å². The van der Waals surface area contributed by atoms with Gasteiger partial charge in [0.1, 0.15) is 0 Å². The smallest absolute Gasteiger partial charge is 0.310 e. The van der Waals surface area contributed by atoms with E-state index in [4.69, 9.17) is 4.74 Å². The highest BCUT2D eigenvalue weighted by Crippen LogP contribution is 2.10. The number of amides is 2. The van der Waals surface area contributed by atoms with E-state index < -0.39 is 11.9 Å². The van der Waals surface area contributed by atoms with Gasteiger partial charge in [0.2, 0.25) is 0 Å². The first-order valence-corrected chi connectivity index (χ1v) is 7.81. The van der Waals surface area contributed by atoms with E-state index in [1.807, 2.05) is 31.2 Å². The number of aryl methyl sites for hydroxylation is 1. The Bertz CT molecular complexity index is 769. The van der Waals surface area contributed by atoms with Gasteiger partial charge in [-0.2, -0.15) is 0 Å². The lowest BCUT2D eigenvalue weighted by molar-refractivity contribution is -0.146. The lowest BCUT2D eigenvalue weighted by atomic mass is 10.1. The van der Waals surface area contributed by atoms with Gasteiger partial charge in [-0.15, -0.1) is 0 Å². The minimum atomic E-state index is -0.459. The molecular formula is C19H20N2O4. The highest BCUT2D eigenvalue weighted by Gasteiger charge is 2.10. The van der Waals surface area contributed by atoms with Crippen LogP contribution in [0.25, 0.3) is 0 Å². The van der Waals surface area contributed by atoms with Crippen molar-refractivity contribution >= 4 is 23.5 Å². The average molecular weight is 340 g/mol. The molecule has 130 valence electrons. The fourth-order valence-corrected chi connectivity index (χ4v) is 2.21. The number of anilines is 1. The summed E-state index contributed by atoms with van der Waals surface area (Å²) in [5, 5.41) is 5.12. The van der Waals surface area contributed by atoms with Gasteiger partial charge in [0.15, 0.2) is 6.61 Å². The number of ether oxygens (including phenoxy) is 1. The minimum absolute atomic E-state index is 0.126. The van der Waals surface area contributed by atoms with Crippen LogP contribution in [0, 0.1) is 6.92 Å². The van der Waals surface area contributed by atoms with E-state index in [0.717, 1.165) is 11.1 Å². The second-order valence-corrected chi connectivity index (χ2v) is 5.47. The summed E-state index contributed by atoms with van der Waals surface area (Å²) in [7, 11) is 1.54. The van der Waals surface area contributed by atoms with Crippen molar-refractivity contribution in [2.75, 3.05) is 19.0 Å². The van der Waals surface area contributed by atoms with Crippen molar-refractivity contribution in [3.8, 4) is 0 Å². The fourth-order valence-electron chi connectivity index (χ4n) is 2.21. The Morgan fingerprint density at radius 2 is 1.68 bits per heavy atom. The van der Waals surface area contributed by atoms with Crippen LogP contribution in [0.4, 0.5) is 5.69 Å². The average Bonchev–Trinajstić information content (AvgIpc) is 2.62. The zero-order valence-electron chi connectivity index (χ0n) is 14.2. The maximum Gasteiger partial charge on any atom is 0.310 e. The van der Waals surface area contributed by atoms with Crippen LogP contribution in [0.15, 0.2) is 48.5 Å². The number of hydrogen-bond acceptors (Lipinski definition) is 4. The molecule has 0 saturated carbocycles. The summed E-state index contributed by atoms with van der Waals surface area (Å²) in [6.45, 7) is 1.56. The Labute approximate surface area is 146 Å². The van der Waals surface area contributed by atoms with Crippen LogP contribution >= 0.6 is 0 Å². The van der Waals surface area contributed by atoms with Crippen molar-refractivity contribution in [2.45, 2.75) is 13.3 Å². The number of benzene rings is 2. The molecule has 0 radical (unpaired) electrons. The minimum Gasteiger partial charge on any atom is -0.455 e. The molecule has 0 bridgehead atoms. The SMILES string of the molecule is CNC(=O)c1ccc(NC(=O)COC(=O)Cc2ccccc2C)cc1. The van der Waals surface area contributed by atoms with Gasteiger partial charge in [-0.1, -0.05) is 24.3 Å². The van der Waals surface area contributed by atoms with Crippen LogP contribution in [0.2, 0.25) is 0 Å². The predicted molar refractivity (Wildman–Crippen MR) is 94.3 cm³/mol. The standard InChI is InChI=1S/C19H20N2O4/c1-13-5-3-4-6-15(13)11-18(23)25-12-17(22)21-16-9-7-14(8-10-16)19(24)20-2/h3-10H,11-12H2,1-2H3,(H,20,24)(H,21,22). The number of carbonyl (C=O) groups excluding carboxylic acids is 3. The molecule has 25 heavy (non-hydrogen) atoms. The van der Waals surface area contributed by atoms with Gasteiger partial charge in [0.25, 0.3) is 11.8 Å². The van der Waals surface area contributed by atoms with E-state index in [2.05, 4.69) is 10.6 Å². The maximum atomic E-state index is 11.8. The van der Waals surface area contributed by atoms with Gasteiger partial charge in [-0.05, 0) is 42.3 Å². The highest BCUT2D eigenvalue weighted by atomic mass is 16.5. The fraction of sp³-hybridized carbons (Fsp3) is 0.211. The quantitative estimate of drug-likeness (QED) is 0.789. The van der Waals surface area contributed by atoms with Gasteiger partial charge < -0.3 is 15.4 Å². The molecule has 0 saturated heterocycles. The number of carbonyl (C=O) groups is 3. The molecule has 0 heterocycles. The first-order valence-electron chi connectivity index (χ1n) is 7.81. The zero-order chi connectivity index (χ0) is 18.2. The summed E-state index contributed by atoms with van der Waals surface area (Å²) >= 11 is 0. The van der Waals surface area contributed by atoms with E-state index >= 15 is 0 Å². The van der Waals surface area contributed by atoms with Crippen LogP contribution in [0.3, 0.4) is 0 Å². The van der Waals surface area contributed by atoms with Crippen molar-refractivity contribution in [1.29, 1.82) is 0 Å². The molecule has 2 amide bonds. The molecule has 0 unspecified atom stereocenters. The van der Waals surface area contributed by atoms with Crippen molar-refractivity contribution in [1.82, 2.24) is 5.32 Å². The Morgan fingerprint density at radius 3 is 2.32 bits per heavy atom. The molecule has 0 aromatic heterocycles. The molecule has 2 aromatic carbocycles. The number of hydrogen-bond donors (Lipinski definition) is 2. The molecule has 0 atom stereocenters. The van der Waals surface area contributed by atoms with Crippen molar-refractivity contribution in [3.05, 3.63) is 65.2 Å². The van der Waals surface area contributed by atoms with Gasteiger partial charge in [0, 0.05) is 18.3 Å². The predicted octanol–water partition coefficient (Wildman–Crippen LogP) is 2.08. The summed E-state index contributed by atoms with van der Waals surface area (Å²) in [6.07, 6.45) is 0.126. The lowest BCUT2D eigenvalue weighted by Crippen LogP contribution is -2.22. The first-order chi connectivity index (χ1) is 12.0. The van der Waals surface area contributed by atoms with Gasteiger partial charge in [-0.3, -0.25) is 14.4 Å². The third-order valence-corrected chi connectivity index (χ3v) is 3.62. The van der Waals surface area contributed by atoms with Crippen LogP contribution in [0.1, 0.15) is 21.5 Å². The maximum absolute atomic E-state index is 11.8. The molecule has 6 heteroatoms. The molecule has 0 fully saturated rings. The Kier molecular flexibility index (Phi) is 6.28. The van der Waals surface area contributed by atoms with E-state index in [1.54, 1.807) is 31.3 Å². The molecule has 0 aliphatic heterocycles. The molecule has 0 aliphatic rings. The van der Waals surface area contributed by atoms with E-state index in [0.29, 0.717) is 11.3 Å². The van der Waals surface area contributed by atoms with Crippen molar-refractivity contribution in [2.24, 2.45) is 0 Å². The third kappa shape index (κ3) is 5.46. The summed E-state index contributed by atoms with van der Waals surface area (Å²) in [4.78, 5) is 35.1. The summed E-state index contributed by atoms with van der Waals surface area (Å²) < 4.78 is 5.00. The monoisotopic (exact) mass is 340 g/mol. The van der Waals surface area contributed by atoms with Crippen LogP contribution in [-0.4, -0.2) is 31.4 Å². The van der Waals surface area contributed by atoms with E-state index in [1.165, 1.54) is 0 Å². The number of nitrogens with one attached hydrogen (secondary N) is 2. The molecule has 2 rings (SSSR count). The van der Waals surface area contributed by atoms with E-state index in [-0.39, 0.29) is 18.9 Å². The number of esters is 1. The van der Waals surface area contributed by atoms with Crippen LogP contribution in [-0.2, 0) is 20.7 Å². The van der Waals surface area contributed by atoms with Crippen molar-refractivity contribution in [3.63, 3.8) is 0 Å². The zero-order valence-corrected chi connectivity index (χ0v) is 14.2. The number of rotatable bonds is 6.